The molecule has 164 valence electrons. The molecule has 0 unspecified atom stereocenters. The summed E-state index contributed by atoms with van der Waals surface area (Å²) in [5.41, 5.74) is 2.86. The van der Waals surface area contributed by atoms with Gasteiger partial charge in [0.15, 0.2) is 5.13 Å². The van der Waals surface area contributed by atoms with Crippen LogP contribution in [0.4, 0.5) is 10.9 Å². The first-order chi connectivity index (χ1) is 15.4. The van der Waals surface area contributed by atoms with Gasteiger partial charge in [-0.25, -0.2) is 14.8 Å². The molecule has 0 aliphatic carbocycles. The van der Waals surface area contributed by atoms with Crippen molar-refractivity contribution in [1.29, 1.82) is 0 Å². The quantitative estimate of drug-likeness (QED) is 0.309. The number of aromatic hydroxyl groups is 1. The van der Waals surface area contributed by atoms with Crippen LogP contribution in [0.1, 0.15) is 29.1 Å². The maximum atomic E-state index is 12.5. The summed E-state index contributed by atoms with van der Waals surface area (Å²) in [6, 6.07) is 12.8. The number of thiazole rings is 1. The fourth-order valence-electron chi connectivity index (χ4n) is 3.30. The maximum absolute atomic E-state index is 12.5. The Morgan fingerprint density at radius 1 is 1.19 bits per heavy atom. The first kappa shape index (κ1) is 22.0. The average molecular weight is 466 g/mol. The van der Waals surface area contributed by atoms with Crippen molar-refractivity contribution in [3.63, 3.8) is 0 Å². The van der Waals surface area contributed by atoms with E-state index in [1.807, 2.05) is 23.6 Å². The largest absolute Gasteiger partial charge is 0.508 e. The number of anilines is 2. The number of hydrogen-bond donors (Lipinski definition) is 2. The van der Waals surface area contributed by atoms with Crippen molar-refractivity contribution < 1.29 is 14.6 Å². The summed E-state index contributed by atoms with van der Waals surface area (Å²) in [7, 11) is 1.36. The predicted molar refractivity (Wildman–Crippen MR) is 130 cm³/mol. The maximum Gasteiger partial charge on any atom is 0.341 e. The molecular formula is C24H23N3O3S2. The molecule has 3 aromatic heterocycles. The number of phenolic OH excluding ortho intramolecular Hbond substituents is 1. The number of hydrogen-bond acceptors (Lipinski definition) is 8. The minimum atomic E-state index is -0.467. The molecule has 0 fully saturated rings. The highest BCUT2D eigenvalue weighted by atomic mass is 32.1. The lowest BCUT2D eigenvalue weighted by molar-refractivity contribution is 0.0601. The van der Waals surface area contributed by atoms with Crippen molar-refractivity contribution in [1.82, 2.24) is 9.97 Å². The smallest absolute Gasteiger partial charge is 0.341 e. The second-order valence-corrected chi connectivity index (χ2v) is 9.68. The molecule has 0 aliphatic heterocycles. The Kier molecular flexibility index (Phi) is 6.53. The summed E-state index contributed by atoms with van der Waals surface area (Å²) < 4.78 is 4.99. The zero-order valence-electron chi connectivity index (χ0n) is 18.0. The van der Waals surface area contributed by atoms with Crippen LogP contribution in [0.3, 0.4) is 0 Å². The number of nitrogens with zero attached hydrogens (tertiary/aromatic N) is 2. The monoisotopic (exact) mass is 465 g/mol. The van der Waals surface area contributed by atoms with Crippen LogP contribution in [0.5, 0.6) is 5.75 Å². The number of nitrogens with one attached hydrogen (secondary N) is 1. The van der Waals surface area contributed by atoms with Crippen molar-refractivity contribution in [2.45, 2.75) is 20.3 Å². The van der Waals surface area contributed by atoms with E-state index in [0.29, 0.717) is 22.4 Å². The van der Waals surface area contributed by atoms with E-state index >= 15 is 0 Å². The molecule has 0 radical (unpaired) electrons. The van der Waals surface area contributed by atoms with E-state index in [9.17, 15) is 9.90 Å². The van der Waals surface area contributed by atoms with Crippen LogP contribution in [-0.2, 0) is 11.2 Å². The highest BCUT2D eigenvalue weighted by Crippen LogP contribution is 2.36. The Bertz CT molecular complexity index is 1230. The van der Waals surface area contributed by atoms with Crippen molar-refractivity contribution in [3.05, 3.63) is 64.5 Å². The Morgan fingerprint density at radius 3 is 2.72 bits per heavy atom. The van der Waals surface area contributed by atoms with Crippen LogP contribution in [0, 0.1) is 5.92 Å². The number of benzene rings is 1. The van der Waals surface area contributed by atoms with E-state index < -0.39 is 5.97 Å². The lowest BCUT2D eigenvalue weighted by Crippen LogP contribution is -2.07. The highest BCUT2D eigenvalue weighted by Gasteiger charge is 2.19. The van der Waals surface area contributed by atoms with Gasteiger partial charge in [0.05, 0.1) is 12.8 Å². The third-order valence-electron chi connectivity index (χ3n) is 4.73. The van der Waals surface area contributed by atoms with E-state index in [0.717, 1.165) is 33.0 Å². The number of aromatic nitrogens is 2. The van der Waals surface area contributed by atoms with E-state index in [2.05, 4.69) is 24.1 Å². The molecule has 8 heteroatoms. The van der Waals surface area contributed by atoms with Crippen LogP contribution in [0.15, 0.2) is 54.0 Å². The van der Waals surface area contributed by atoms with Crippen LogP contribution in [-0.4, -0.2) is 28.2 Å². The van der Waals surface area contributed by atoms with Crippen LogP contribution in [0.2, 0.25) is 0 Å². The third-order valence-corrected chi connectivity index (χ3v) is 6.65. The van der Waals surface area contributed by atoms with Gasteiger partial charge >= 0.3 is 5.97 Å². The normalized spacial score (nSPS) is 11.0. The molecule has 0 saturated heterocycles. The Morgan fingerprint density at radius 2 is 2.03 bits per heavy atom. The summed E-state index contributed by atoms with van der Waals surface area (Å²) >= 11 is 3.10. The minimum Gasteiger partial charge on any atom is -0.508 e. The number of ether oxygens (including phenoxy) is 1. The summed E-state index contributed by atoms with van der Waals surface area (Å²) in [6.45, 7) is 4.30. The van der Waals surface area contributed by atoms with Gasteiger partial charge in [0.25, 0.3) is 0 Å². The lowest BCUT2D eigenvalue weighted by Gasteiger charge is -2.09. The number of methoxy groups -OCH3 is 1. The van der Waals surface area contributed by atoms with Crippen molar-refractivity contribution in [2.24, 2.45) is 5.92 Å². The third kappa shape index (κ3) is 4.81. The summed E-state index contributed by atoms with van der Waals surface area (Å²) in [5.74, 6) is 0.558. The minimum absolute atomic E-state index is 0.194. The van der Waals surface area contributed by atoms with Crippen LogP contribution in [0.25, 0.3) is 21.7 Å². The number of carbonyl (C=O) groups is 1. The molecule has 4 rings (SSSR count). The predicted octanol–water partition coefficient (Wildman–Crippen LogP) is 6.37. The van der Waals surface area contributed by atoms with Crippen LogP contribution < -0.4 is 5.32 Å². The second kappa shape index (κ2) is 9.50. The van der Waals surface area contributed by atoms with Gasteiger partial charge in [0.1, 0.15) is 17.1 Å². The molecule has 32 heavy (non-hydrogen) atoms. The molecular weight excluding hydrogens is 442 g/mol. The Hall–Kier alpha value is -3.23. The molecule has 0 spiro atoms. The zero-order valence-corrected chi connectivity index (χ0v) is 19.6. The Labute approximate surface area is 194 Å². The summed E-state index contributed by atoms with van der Waals surface area (Å²) in [4.78, 5) is 23.9. The van der Waals surface area contributed by atoms with Crippen molar-refractivity contribution in [3.8, 4) is 27.4 Å². The second-order valence-electron chi connectivity index (χ2n) is 7.65. The molecule has 4 aromatic rings. The van der Waals surface area contributed by atoms with Gasteiger partial charge in [-0.05, 0) is 42.0 Å². The number of carbonyl (C=O) groups excluding carboxylic acids is 1. The Balaban J connectivity index is 1.72. The van der Waals surface area contributed by atoms with Gasteiger partial charge < -0.3 is 15.2 Å². The van der Waals surface area contributed by atoms with E-state index in [1.54, 1.807) is 41.8 Å². The van der Waals surface area contributed by atoms with Crippen LogP contribution >= 0.6 is 22.7 Å². The summed E-state index contributed by atoms with van der Waals surface area (Å²) in [6.07, 6.45) is 2.58. The van der Waals surface area contributed by atoms with Crippen molar-refractivity contribution in [2.75, 3.05) is 12.4 Å². The number of phenols is 1. The molecule has 2 N–H and O–H groups in total. The first-order valence-corrected chi connectivity index (χ1v) is 11.8. The van der Waals surface area contributed by atoms with E-state index in [-0.39, 0.29) is 5.75 Å². The number of rotatable bonds is 7. The van der Waals surface area contributed by atoms with E-state index in [1.165, 1.54) is 18.4 Å². The topological polar surface area (TPSA) is 84.3 Å². The molecule has 1 aromatic carbocycles. The van der Waals surface area contributed by atoms with Gasteiger partial charge in [-0.1, -0.05) is 32.0 Å². The van der Waals surface area contributed by atoms with Gasteiger partial charge in [0.2, 0.25) is 0 Å². The standard InChI is InChI=1S/C24H23N3O3S2/c1-14(2)10-20-21(15-6-4-7-17(28)11-15)26-24(32-20)27-22-18(23(29)30-3)12-16(13-25-22)19-8-5-9-31-19/h4-9,11-14,28H,10H2,1-3H3,(H,25,26,27). The zero-order chi connectivity index (χ0) is 22.7. The average Bonchev–Trinajstić information content (AvgIpc) is 3.43. The molecule has 3 heterocycles. The van der Waals surface area contributed by atoms with Crippen molar-refractivity contribution >= 4 is 39.6 Å². The fraction of sp³-hybridized carbons (Fsp3) is 0.208. The van der Waals surface area contributed by atoms with E-state index in [4.69, 9.17) is 9.72 Å². The van der Waals surface area contributed by atoms with Gasteiger partial charge in [0, 0.05) is 27.1 Å². The molecule has 0 saturated carbocycles. The number of pyridine rings is 1. The molecule has 0 bridgehead atoms. The molecule has 0 amide bonds. The highest BCUT2D eigenvalue weighted by molar-refractivity contribution is 7.16. The first-order valence-electron chi connectivity index (χ1n) is 10.1. The molecule has 6 nitrogen and oxygen atoms in total. The van der Waals surface area contributed by atoms with Gasteiger partial charge in [-0.15, -0.1) is 22.7 Å². The molecule has 0 atom stereocenters. The fourth-order valence-corrected chi connectivity index (χ4v) is 5.21. The lowest BCUT2D eigenvalue weighted by atomic mass is 10.0. The van der Waals surface area contributed by atoms with Gasteiger partial charge in [-0.3, -0.25) is 0 Å². The number of thiophene rings is 1. The number of esters is 1. The molecule has 0 aliphatic rings. The SMILES string of the molecule is COC(=O)c1cc(-c2cccs2)cnc1Nc1nc(-c2cccc(O)c2)c(CC(C)C)s1. The van der Waals surface area contributed by atoms with Gasteiger partial charge in [-0.2, -0.15) is 0 Å². The summed E-state index contributed by atoms with van der Waals surface area (Å²) in [5, 5.41) is 15.7.